The van der Waals surface area contributed by atoms with Crippen molar-refractivity contribution in [2.45, 2.75) is 17.3 Å². The van der Waals surface area contributed by atoms with Crippen molar-refractivity contribution in [3.05, 3.63) is 0 Å². The third-order valence-corrected chi connectivity index (χ3v) is 2.96. The Morgan fingerprint density at radius 1 is 1.46 bits per heavy atom. The van der Waals surface area contributed by atoms with E-state index < -0.39 is 5.51 Å². The summed E-state index contributed by atoms with van der Waals surface area (Å²) >= 11 is 5.84. The van der Waals surface area contributed by atoms with Crippen LogP contribution in [0.15, 0.2) is 0 Å². The molecule has 0 bridgehead atoms. The molecule has 1 nitrogen and oxygen atoms in total. The molecular weight excluding hydrogens is 223 g/mol. The van der Waals surface area contributed by atoms with Crippen molar-refractivity contribution in [3.63, 3.8) is 0 Å². The SMILES string of the molecule is FC(F)(F)SCCN1CCC(Cl)C1. The summed E-state index contributed by atoms with van der Waals surface area (Å²) in [6.07, 6.45) is 0.887. The van der Waals surface area contributed by atoms with E-state index in [2.05, 4.69) is 0 Å². The second kappa shape index (κ2) is 4.75. The number of rotatable bonds is 3. The van der Waals surface area contributed by atoms with Crippen LogP contribution in [0.2, 0.25) is 0 Å². The second-order valence-corrected chi connectivity index (χ2v) is 4.76. The van der Waals surface area contributed by atoms with E-state index in [4.69, 9.17) is 11.6 Å². The highest BCUT2D eigenvalue weighted by atomic mass is 35.5. The summed E-state index contributed by atoms with van der Waals surface area (Å²) < 4.78 is 35.2. The Bertz CT molecular complexity index is 164. The lowest BCUT2D eigenvalue weighted by Gasteiger charge is -2.14. The van der Waals surface area contributed by atoms with E-state index >= 15 is 0 Å². The van der Waals surface area contributed by atoms with Crippen LogP contribution >= 0.6 is 23.4 Å². The van der Waals surface area contributed by atoms with Crippen molar-refractivity contribution in [1.29, 1.82) is 0 Å². The zero-order valence-electron chi connectivity index (χ0n) is 6.98. The van der Waals surface area contributed by atoms with Gasteiger partial charge >= 0.3 is 5.51 Å². The Morgan fingerprint density at radius 2 is 2.15 bits per heavy atom. The Labute approximate surface area is 84.6 Å². The molecule has 0 amide bonds. The number of thioether (sulfide) groups is 1. The van der Waals surface area contributed by atoms with Crippen LogP contribution in [0.3, 0.4) is 0 Å². The molecule has 13 heavy (non-hydrogen) atoms. The lowest BCUT2D eigenvalue weighted by Crippen LogP contribution is -2.24. The van der Waals surface area contributed by atoms with E-state index in [9.17, 15) is 13.2 Å². The molecule has 1 atom stereocenters. The van der Waals surface area contributed by atoms with E-state index in [1.165, 1.54) is 0 Å². The van der Waals surface area contributed by atoms with Crippen molar-refractivity contribution in [2.24, 2.45) is 0 Å². The summed E-state index contributed by atoms with van der Waals surface area (Å²) in [4.78, 5) is 1.97. The molecule has 1 fully saturated rings. The zero-order chi connectivity index (χ0) is 9.90. The summed E-state index contributed by atoms with van der Waals surface area (Å²) in [6.45, 7) is 2.03. The first-order valence-corrected chi connectivity index (χ1v) is 5.47. The van der Waals surface area contributed by atoms with Gasteiger partial charge in [-0.3, -0.25) is 0 Å². The molecule has 78 valence electrons. The van der Waals surface area contributed by atoms with Crippen LogP contribution in [0.1, 0.15) is 6.42 Å². The van der Waals surface area contributed by atoms with E-state index in [1.807, 2.05) is 4.90 Å². The molecule has 1 rings (SSSR count). The predicted octanol–water partition coefficient (Wildman–Crippen LogP) is 2.55. The molecule has 1 saturated heterocycles. The van der Waals surface area contributed by atoms with Gasteiger partial charge in [0.2, 0.25) is 0 Å². The Hall–Kier alpha value is 0.390. The zero-order valence-corrected chi connectivity index (χ0v) is 8.55. The van der Waals surface area contributed by atoms with Crippen molar-refractivity contribution >= 4 is 23.4 Å². The monoisotopic (exact) mass is 233 g/mol. The maximum absolute atomic E-state index is 11.7. The molecule has 0 aliphatic carbocycles. The Kier molecular flexibility index (Phi) is 4.19. The molecular formula is C7H11ClF3NS. The van der Waals surface area contributed by atoms with Crippen LogP contribution in [-0.2, 0) is 0 Å². The highest BCUT2D eigenvalue weighted by molar-refractivity contribution is 8.00. The Balaban J connectivity index is 2.07. The number of hydrogen-bond acceptors (Lipinski definition) is 2. The van der Waals surface area contributed by atoms with Gasteiger partial charge in [0.15, 0.2) is 0 Å². The molecule has 0 aromatic rings. The average Bonchev–Trinajstić information content (AvgIpc) is 2.33. The minimum absolute atomic E-state index is 0.0369. The van der Waals surface area contributed by atoms with Crippen molar-refractivity contribution in [1.82, 2.24) is 4.90 Å². The van der Waals surface area contributed by atoms with Gasteiger partial charge in [-0.1, -0.05) is 0 Å². The maximum Gasteiger partial charge on any atom is 0.441 e. The number of nitrogens with zero attached hydrogens (tertiary/aromatic N) is 1. The fourth-order valence-electron chi connectivity index (χ4n) is 1.28. The van der Waals surface area contributed by atoms with Gasteiger partial charge in [0.25, 0.3) is 0 Å². The van der Waals surface area contributed by atoms with E-state index in [0.29, 0.717) is 6.54 Å². The van der Waals surface area contributed by atoms with Crippen molar-refractivity contribution < 1.29 is 13.2 Å². The number of hydrogen-bond donors (Lipinski definition) is 0. The summed E-state index contributed by atoms with van der Waals surface area (Å²) in [5.41, 5.74) is -4.10. The largest absolute Gasteiger partial charge is 0.441 e. The van der Waals surface area contributed by atoms with Gasteiger partial charge in [0, 0.05) is 24.2 Å². The Morgan fingerprint density at radius 3 is 2.62 bits per heavy atom. The minimum atomic E-state index is -4.10. The summed E-state index contributed by atoms with van der Waals surface area (Å²) in [7, 11) is 0. The molecule has 6 heteroatoms. The fraction of sp³-hybridized carbons (Fsp3) is 1.00. The molecule has 1 aliphatic heterocycles. The van der Waals surface area contributed by atoms with Crippen LogP contribution in [0.4, 0.5) is 13.2 Å². The molecule has 0 saturated carbocycles. The fourth-order valence-corrected chi connectivity index (χ4v) is 2.15. The van der Waals surface area contributed by atoms with Gasteiger partial charge in [0.05, 0.1) is 0 Å². The first-order chi connectivity index (χ1) is 5.97. The average molecular weight is 234 g/mol. The third kappa shape index (κ3) is 4.98. The highest BCUT2D eigenvalue weighted by Crippen LogP contribution is 2.30. The van der Waals surface area contributed by atoms with Gasteiger partial charge in [-0.25, -0.2) is 0 Å². The third-order valence-electron chi connectivity index (χ3n) is 1.89. The normalized spacial score (nSPS) is 25.4. The number of alkyl halides is 4. The van der Waals surface area contributed by atoms with Crippen LogP contribution < -0.4 is 0 Å². The van der Waals surface area contributed by atoms with Gasteiger partial charge in [0.1, 0.15) is 0 Å². The molecule has 1 heterocycles. The highest BCUT2D eigenvalue weighted by Gasteiger charge is 2.28. The molecule has 0 aromatic heterocycles. The molecule has 0 aromatic carbocycles. The van der Waals surface area contributed by atoms with Gasteiger partial charge in [-0.15, -0.1) is 11.6 Å². The van der Waals surface area contributed by atoms with Crippen molar-refractivity contribution in [2.75, 3.05) is 25.4 Å². The molecule has 0 spiro atoms. The predicted molar refractivity (Wildman–Crippen MR) is 49.2 cm³/mol. The minimum Gasteiger partial charge on any atom is -0.301 e. The lowest BCUT2D eigenvalue weighted by atomic mass is 10.4. The van der Waals surface area contributed by atoms with Crippen molar-refractivity contribution in [3.8, 4) is 0 Å². The molecule has 1 aliphatic rings. The number of likely N-dealkylation sites (tertiary alicyclic amines) is 1. The van der Waals surface area contributed by atoms with E-state index in [-0.39, 0.29) is 22.9 Å². The molecule has 1 unspecified atom stereocenters. The first kappa shape index (κ1) is 11.5. The lowest BCUT2D eigenvalue weighted by molar-refractivity contribution is -0.0328. The molecule has 0 radical (unpaired) electrons. The number of halogens is 4. The van der Waals surface area contributed by atoms with Gasteiger partial charge in [-0.05, 0) is 24.7 Å². The first-order valence-electron chi connectivity index (χ1n) is 4.04. The second-order valence-electron chi connectivity index (χ2n) is 2.98. The van der Waals surface area contributed by atoms with Crippen LogP contribution in [0.5, 0.6) is 0 Å². The van der Waals surface area contributed by atoms with Crippen LogP contribution in [0.25, 0.3) is 0 Å². The van der Waals surface area contributed by atoms with Gasteiger partial charge in [-0.2, -0.15) is 13.2 Å². The summed E-state index contributed by atoms with van der Waals surface area (Å²) in [5, 5.41) is 0.121. The topological polar surface area (TPSA) is 3.24 Å². The van der Waals surface area contributed by atoms with Crippen LogP contribution in [-0.4, -0.2) is 41.2 Å². The maximum atomic E-state index is 11.7. The quantitative estimate of drug-likeness (QED) is 0.690. The van der Waals surface area contributed by atoms with Crippen LogP contribution in [0, 0.1) is 0 Å². The smallest absolute Gasteiger partial charge is 0.301 e. The standard InChI is InChI=1S/C7H11ClF3NS/c8-6-1-2-12(5-6)3-4-13-7(9,10)11/h6H,1-5H2. The molecule has 0 N–H and O–H groups in total. The van der Waals surface area contributed by atoms with E-state index in [0.717, 1.165) is 19.5 Å². The van der Waals surface area contributed by atoms with E-state index in [1.54, 1.807) is 0 Å². The summed E-state index contributed by atoms with van der Waals surface area (Å²) in [5.74, 6) is 0.104. The van der Waals surface area contributed by atoms with Gasteiger partial charge < -0.3 is 4.90 Å². The summed E-state index contributed by atoms with van der Waals surface area (Å²) in [6, 6.07) is 0.